The second-order valence-electron chi connectivity index (χ2n) is 6.74. The van der Waals surface area contributed by atoms with E-state index in [9.17, 15) is 4.79 Å². The van der Waals surface area contributed by atoms with Gasteiger partial charge in [0.2, 0.25) is 5.16 Å². The fourth-order valence-corrected chi connectivity index (χ4v) is 4.92. The van der Waals surface area contributed by atoms with Gasteiger partial charge in [-0.25, -0.2) is 9.66 Å². The molecule has 0 bridgehead atoms. The quantitative estimate of drug-likeness (QED) is 0.273. The Kier molecular flexibility index (Phi) is 5.41. The molecule has 0 atom stereocenters. The van der Waals surface area contributed by atoms with E-state index in [1.165, 1.54) is 27.8 Å². The molecule has 5 rings (SSSR count). The van der Waals surface area contributed by atoms with Crippen molar-refractivity contribution in [3.8, 4) is 28.5 Å². The van der Waals surface area contributed by atoms with Gasteiger partial charge in [-0.1, -0.05) is 11.8 Å². The number of hydrogen-bond donors (Lipinski definition) is 2. The van der Waals surface area contributed by atoms with Crippen LogP contribution in [-0.2, 0) is 5.75 Å². The number of nitrogen functional groups attached to an aromatic ring is 1. The van der Waals surface area contributed by atoms with Crippen molar-refractivity contribution in [2.45, 2.75) is 17.8 Å². The van der Waals surface area contributed by atoms with Gasteiger partial charge in [0, 0.05) is 16.5 Å². The van der Waals surface area contributed by atoms with Gasteiger partial charge in [-0.3, -0.25) is 4.79 Å². The molecule has 0 aliphatic rings. The number of nitrogens with one attached hydrogen (secondary N) is 1. The van der Waals surface area contributed by atoms with E-state index in [0.717, 1.165) is 16.9 Å². The average Bonchev–Trinajstić information content (AvgIpc) is 3.53. The van der Waals surface area contributed by atoms with Crippen LogP contribution >= 0.6 is 23.1 Å². The average molecular weight is 467 g/mol. The highest BCUT2D eigenvalue weighted by Crippen LogP contribution is 2.31. The van der Waals surface area contributed by atoms with Crippen LogP contribution in [0.2, 0.25) is 0 Å². The Balaban J connectivity index is 1.35. The molecule has 4 heterocycles. The summed E-state index contributed by atoms with van der Waals surface area (Å²) in [7, 11) is 0. The van der Waals surface area contributed by atoms with Gasteiger partial charge in [0.15, 0.2) is 5.82 Å². The Bertz CT molecular complexity index is 1420. The van der Waals surface area contributed by atoms with Crippen LogP contribution in [0.25, 0.3) is 32.9 Å². The van der Waals surface area contributed by atoms with Crippen molar-refractivity contribution in [1.82, 2.24) is 24.8 Å². The smallest absolute Gasteiger partial charge is 0.260 e. The van der Waals surface area contributed by atoms with Crippen LogP contribution in [0.3, 0.4) is 0 Å². The number of fused-ring (bicyclic) bond motifs is 1. The van der Waals surface area contributed by atoms with Crippen molar-refractivity contribution in [3.05, 3.63) is 64.2 Å². The zero-order chi connectivity index (χ0) is 22.1. The fraction of sp³-hybridized carbons (Fsp3) is 0.143. The van der Waals surface area contributed by atoms with Crippen molar-refractivity contribution in [2.24, 2.45) is 0 Å². The summed E-state index contributed by atoms with van der Waals surface area (Å²) in [5.41, 5.74) is 1.36. The topological polar surface area (TPSA) is 125 Å². The summed E-state index contributed by atoms with van der Waals surface area (Å²) in [5, 5.41) is 11.3. The van der Waals surface area contributed by atoms with Crippen LogP contribution in [-0.4, -0.2) is 31.4 Å². The lowest BCUT2D eigenvalue weighted by Crippen LogP contribution is -2.13. The summed E-state index contributed by atoms with van der Waals surface area (Å²) in [6.45, 7) is 2.54. The minimum Gasteiger partial charge on any atom is -0.494 e. The molecule has 5 aromatic rings. The standard InChI is InChI=1S/C21H18N6O3S2/c1-2-29-13-7-5-12(6-8-13)18-25-26-21(27(18)22)32-11-16-23-19(28)17-14(10-31-20(17)24-16)15-4-3-9-30-15/h3-10H,2,11,22H2,1H3,(H,23,24,28). The zero-order valence-corrected chi connectivity index (χ0v) is 18.6. The molecule has 0 unspecified atom stereocenters. The van der Waals surface area contributed by atoms with Crippen LogP contribution in [0.15, 0.2) is 62.4 Å². The Morgan fingerprint density at radius 2 is 2.09 bits per heavy atom. The predicted molar refractivity (Wildman–Crippen MR) is 124 cm³/mol. The molecular weight excluding hydrogens is 448 g/mol. The highest BCUT2D eigenvalue weighted by Gasteiger charge is 2.16. The lowest BCUT2D eigenvalue weighted by Gasteiger charge is -2.06. The molecule has 1 aromatic carbocycles. The SMILES string of the molecule is CCOc1ccc(-c2nnc(SCc3nc4scc(-c5ccco5)c4c(=O)[nH]3)n2N)cc1. The van der Waals surface area contributed by atoms with Crippen molar-refractivity contribution >= 4 is 33.3 Å². The highest BCUT2D eigenvalue weighted by atomic mass is 32.2. The first-order chi connectivity index (χ1) is 15.6. The molecule has 0 aliphatic heterocycles. The third kappa shape index (κ3) is 3.76. The number of aromatic nitrogens is 5. The number of rotatable bonds is 7. The number of nitrogens with two attached hydrogens (primary N) is 1. The second-order valence-corrected chi connectivity index (χ2v) is 8.54. The molecule has 0 radical (unpaired) electrons. The molecular formula is C21H18N6O3S2. The molecule has 162 valence electrons. The molecule has 32 heavy (non-hydrogen) atoms. The second kappa shape index (κ2) is 8.52. The van der Waals surface area contributed by atoms with Gasteiger partial charge >= 0.3 is 0 Å². The molecule has 0 spiro atoms. The van der Waals surface area contributed by atoms with E-state index in [1.54, 1.807) is 12.3 Å². The number of H-pyrrole nitrogens is 1. The van der Waals surface area contributed by atoms with Crippen LogP contribution in [0.1, 0.15) is 12.7 Å². The van der Waals surface area contributed by atoms with Crippen LogP contribution in [0, 0.1) is 0 Å². The lowest BCUT2D eigenvalue weighted by molar-refractivity contribution is 0.340. The predicted octanol–water partition coefficient (Wildman–Crippen LogP) is 3.91. The van der Waals surface area contributed by atoms with E-state index in [4.69, 9.17) is 15.0 Å². The summed E-state index contributed by atoms with van der Waals surface area (Å²) in [4.78, 5) is 20.8. The highest BCUT2D eigenvalue weighted by molar-refractivity contribution is 7.98. The minimum atomic E-state index is -0.206. The molecule has 11 heteroatoms. The van der Waals surface area contributed by atoms with E-state index < -0.39 is 0 Å². The maximum Gasteiger partial charge on any atom is 0.260 e. The summed E-state index contributed by atoms with van der Waals surface area (Å²) < 4.78 is 12.3. The summed E-state index contributed by atoms with van der Waals surface area (Å²) >= 11 is 2.74. The van der Waals surface area contributed by atoms with Crippen LogP contribution < -0.4 is 16.1 Å². The molecule has 0 saturated heterocycles. The van der Waals surface area contributed by atoms with E-state index >= 15 is 0 Å². The maximum absolute atomic E-state index is 12.7. The number of aromatic amines is 1. The van der Waals surface area contributed by atoms with Crippen LogP contribution in [0.4, 0.5) is 0 Å². The fourth-order valence-electron chi connectivity index (χ4n) is 3.25. The Hall–Kier alpha value is -3.57. The summed E-state index contributed by atoms with van der Waals surface area (Å²) in [5.74, 6) is 9.09. The largest absolute Gasteiger partial charge is 0.494 e. The van der Waals surface area contributed by atoms with Gasteiger partial charge in [0.25, 0.3) is 5.56 Å². The molecule has 0 saturated carbocycles. The van der Waals surface area contributed by atoms with Gasteiger partial charge in [-0.2, -0.15) is 0 Å². The molecule has 9 nitrogen and oxygen atoms in total. The van der Waals surface area contributed by atoms with Gasteiger partial charge < -0.3 is 20.0 Å². The van der Waals surface area contributed by atoms with E-state index in [1.807, 2.05) is 42.6 Å². The van der Waals surface area contributed by atoms with Crippen molar-refractivity contribution in [3.63, 3.8) is 0 Å². The minimum absolute atomic E-state index is 0.206. The van der Waals surface area contributed by atoms with E-state index in [2.05, 4.69) is 20.2 Å². The van der Waals surface area contributed by atoms with E-state index in [-0.39, 0.29) is 5.56 Å². The van der Waals surface area contributed by atoms with Crippen molar-refractivity contribution in [1.29, 1.82) is 0 Å². The molecule has 0 aliphatic carbocycles. The Morgan fingerprint density at radius 1 is 1.25 bits per heavy atom. The first kappa shape index (κ1) is 20.3. The number of thioether (sulfide) groups is 1. The van der Waals surface area contributed by atoms with E-state index in [0.29, 0.717) is 45.1 Å². The van der Waals surface area contributed by atoms with Gasteiger partial charge in [0.1, 0.15) is 22.2 Å². The summed E-state index contributed by atoms with van der Waals surface area (Å²) in [6.07, 6.45) is 1.58. The summed E-state index contributed by atoms with van der Waals surface area (Å²) in [6, 6.07) is 11.1. The molecule has 0 amide bonds. The van der Waals surface area contributed by atoms with Gasteiger partial charge in [-0.05, 0) is 43.3 Å². The molecule has 4 aromatic heterocycles. The normalized spacial score (nSPS) is 11.3. The third-order valence-electron chi connectivity index (χ3n) is 4.71. The Morgan fingerprint density at radius 3 is 2.84 bits per heavy atom. The third-order valence-corrected chi connectivity index (χ3v) is 6.53. The maximum atomic E-state index is 12.7. The molecule has 3 N–H and O–H groups in total. The number of nitrogens with zero attached hydrogens (tertiary/aromatic N) is 4. The lowest BCUT2D eigenvalue weighted by atomic mass is 10.2. The number of hydrogen-bond acceptors (Lipinski definition) is 9. The van der Waals surface area contributed by atoms with Crippen LogP contribution in [0.5, 0.6) is 5.75 Å². The first-order valence-electron chi connectivity index (χ1n) is 9.75. The monoisotopic (exact) mass is 466 g/mol. The first-order valence-corrected chi connectivity index (χ1v) is 11.6. The number of furan rings is 1. The van der Waals surface area contributed by atoms with Crippen molar-refractivity contribution < 1.29 is 9.15 Å². The van der Waals surface area contributed by atoms with Crippen molar-refractivity contribution in [2.75, 3.05) is 12.4 Å². The zero-order valence-electron chi connectivity index (χ0n) is 16.9. The van der Waals surface area contributed by atoms with Gasteiger partial charge in [0.05, 0.1) is 24.0 Å². The number of benzene rings is 1. The Labute approximate surface area is 190 Å². The molecule has 0 fully saturated rings. The number of ether oxygens (including phenoxy) is 1. The van der Waals surface area contributed by atoms with Gasteiger partial charge in [-0.15, -0.1) is 21.5 Å². The number of thiophene rings is 1.